The fourth-order valence-corrected chi connectivity index (χ4v) is 6.36. The van der Waals surface area contributed by atoms with E-state index in [1.54, 1.807) is 7.11 Å². The lowest BCUT2D eigenvalue weighted by atomic mass is 9.93. The summed E-state index contributed by atoms with van der Waals surface area (Å²) in [6.07, 6.45) is 8.79. The van der Waals surface area contributed by atoms with Crippen molar-refractivity contribution in [2.24, 2.45) is 0 Å². The van der Waals surface area contributed by atoms with Crippen molar-refractivity contribution in [1.82, 2.24) is 35.0 Å². The molecule has 1 aromatic carbocycles. The van der Waals surface area contributed by atoms with Gasteiger partial charge in [0.05, 0.1) is 19.8 Å². The van der Waals surface area contributed by atoms with Crippen molar-refractivity contribution in [3.63, 3.8) is 0 Å². The average molecular weight is 508 g/mol. The van der Waals surface area contributed by atoms with Gasteiger partial charge in [-0.15, -0.1) is 5.10 Å². The van der Waals surface area contributed by atoms with Gasteiger partial charge in [0.25, 0.3) is 5.56 Å². The Morgan fingerprint density at radius 2 is 1.92 bits per heavy atom. The summed E-state index contributed by atoms with van der Waals surface area (Å²) in [5, 5.41) is 13.8. The smallest absolute Gasteiger partial charge is 0.253 e. The number of nitrogens with one attached hydrogen (secondary N) is 1. The van der Waals surface area contributed by atoms with Crippen LogP contribution in [0.25, 0.3) is 10.9 Å². The number of H-pyrrole nitrogens is 1. The van der Waals surface area contributed by atoms with E-state index >= 15 is 0 Å². The number of pyridine rings is 1. The molecule has 0 bridgehead atoms. The zero-order valence-electron chi connectivity index (χ0n) is 21.6. The molecule has 6 rings (SSSR count). The molecule has 0 amide bonds. The topological polar surface area (TPSA) is 101 Å². The van der Waals surface area contributed by atoms with E-state index in [2.05, 4.69) is 30.3 Å². The molecule has 0 radical (unpaired) electrons. The minimum Gasteiger partial charge on any atom is -0.497 e. The third-order valence-corrected chi connectivity index (χ3v) is 8.38. The summed E-state index contributed by atoms with van der Waals surface area (Å²) in [6, 6.07) is 8.04. The van der Waals surface area contributed by atoms with Crippen LogP contribution < -0.4 is 10.3 Å². The van der Waals surface area contributed by atoms with Crippen LogP contribution >= 0.6 is 0 Å². The molecule has 10 nitrogen and oxygen atoms in total. The highest BCUT2D eigenvalue weighted by atomic mass is 16.5. The van der Waals surface area contributed by atoms with Crippen LogP contribution in [0.5, 0.6) is 5.75 Å². The van der Waals surface area contributed by atoms with Gasteiger partial charge >= 0.3 is 0 Å². The summed E-state index contributed by atoms with van der Waals surface area (Å²) in [5.41, 5.74) is 1.34. The quantitative estimate of drug-likeness (QED) is 0.521. The molecule has 2 atom stereocenters. The zero-order chi connectivity index (χ0) is 25.2. The first kappa shape index (κ1) is 24.5. The molecule has 0 unspecified atom stereocenters. The molecule has 2 saturated heterocycles. The Hall–Kier alpha value is -2.82. The van der Waals surface area contributed by atoms with Gasteiger partial charge in [0, 0.05) is 55.3 Å². The molecule has 2 aromatic heterocycles. The molecule has 37 heavy (non-hydrogen) atoms. The number of tetrazole rings is 1. The van der Waals surface area contributed by atoms with Crippen LogP contribution in [0.2, 0.25) is 0 Å². The fraction of sp³-hybridized carbons (Fsp3) is 0.630. The highest BCUT2D eigenvalue weighted by Gasteiger charge is 2.35. The van der Waals surface area contributed by atoms with Crippen LogP contribution in [0.3, 0.4) is 0 Å². The van der Waals surface area contributed by atoms with Crippen LogP contribution in [-0.4, -0.2) is 87.0 Å². The van der Waals surface area contributed by atoms with Crippen LogP contribution in [0.15, 0.2) is 29.1 Å². The number of aromatic nitrogens is 5. The van der Waals surface area contributed by atoms with Crippen molar-refractivity contribution < 1.29 is 9.47 Å². The number of piperazine rings is 1. The Balaban J connectivity index is 1.35. The SMILES string of the molecule is COc1ccc2[nH]c(=O)c([C@@H](c3nnnn3C[C@H]3CCCO3)N3CCN(C4CCCCC4)CC3)cc2c1. The summed E-state index contributed by atoms with van der Waals surface area (Å²) >= 11 is 0. The van der Waals surface area contributed by atoms with Crippen molar-refractivity contribution in [2.75, 3.05) is 39.9 Å². The summed E-state index contributed by atoms with van der Waals surface area (Å²) < 4.78 is 13.2. The van der Waals surface area contributed by atoms with E-state index in [1.807, 2.05) is 28.9 Å². The molecule has 10 heteroatoms. The molecule has 1 saturated carbocycles. The first-order valence-electron chi connectivity index (χ1n) is 13.8. The lowest BCUT2D eigenvalue weighted by Crippen LogP contribution is -2.52. The number of aromatic amines is 1. The Labute approximate surface area is 216 Å². The van der Waals surface area contributed by atoms with E-state index in [0.29, 0.717) is 24.0 Å². The molecule has 3 aliphatic rings. The van der Waals surface area contributed by atoms with Gasteiger partial charge in [0.15, 0.2) is 5.82 Å². The van der Waals surface area contributed by atoms with E-state index in [9.17, 15) is 4.79 Å². The maximum absolute atomic E-state index is 13.5. The molecule has 4 heterocycles. The van der Waals surface area contributed by atoms with Gasteiger partial charge in [0.1, 0.15) is 11.8 Å². The van der Waals surface area contributed by atoms with Gasteiger partial charge in [-0.3, -0.25) is 14.6 Å². The Bertz CT molecular complexity index is 1250. The zero-order valence-corrected chi connectivity index (χ0v) is 21.6. The molecule has 1 aliphatic carbocycles. The summed E-state index contributed by atoms with van der Waals surface area (Å²) in [5.74, 6) is 1.46. The normalized spacial score (nSPS) is 23.0. The molecular formula is C27H37N7O3. The van der Waals surface area contributed by atoms with E-state index in [4.69, 9.17) is 9.47 Å². The van der Waals surface area contributed by atoms with Crippen LogP contribution in [0.4, 0.5) is 0 Å². The van der Waals surface area contributed by atoms with Crippen molar-refractivity contribution in [2.45, 2.75) is 69.7 Å². The predicted octanol–water partition coefficient (Wildman–Crippen LogP) is 2.74. The first-order valence-corrected chi connectivity index (χ1v) is 13.8. The molecular weight excluding hydrogens is 470 g/mol. The highest BCUT2D eigenvalue weighted by molar-refractivity contribution is 5.80. The van der Waals surface area contributed by atoms with Gasteiger partial charge in [-0.05, 0) is 60.4 Å². The number of nitrogens with zero attached hydrogens (tertiary/aromatic N) is 6. The molecule has 0 spiro atoms. The first-order chi connectivity index (χ1) is 18.2. The van der Waals surface area contributed by atoms with Gasteiger partial charge in [-0.1, -0.05) is 19.3 Å². The summed E-state index contributed by atoms with van der Waals surface area (Å²) in [6.45, 7) is 5.09. The molecule has 3 aromatic rings. The molecule has 2 aliphatic heterocycles. The summed E-state index contributed by atoms with van der Waals surface area (Å²) in [7, 11) is 1.65. The number of rotatable bonds is 7. The monoisotopic (exact) mass is 507 g/mol. The number of ether oxygens (including phenoxy) is 2. The molecule has 198 valence electrons. The highest BCUT2D eigenvalue weighted by Crippen LogP contribution is 2.31. The minimum atomic E-state index is -0.343. The van der Waals surface area contributed by atoms with Crippen molar-refractivity contribution in [3.8, 4) is 5.75 Å². The van der Waals surface area contributed by atoms with E-state index in [-0.39, 0.29) is 17.7 Å². The number of benzene rings is 1. The van der Waals surface area contributed by atoms with Gasteiger partial charge in [-0.25, -0.2) is 4.68 Å². The van der Waals surface area contributed by atoms with Crippen LogP contribution in [0, 0.1) is 0 Å². The van der Waals surface area contributed by atoms with Crippen molar-refractivity contribution >= 4 is 10.9 Å². The third kappa shape index (κ3) is 5.15. The van der Waals surface area contributed by atoms with Gasteiger partial charge < -0.3 is 14.5 Å². The van der Waals surface area contributed by atoms with Crippen molar-refractivity contribution in [3.05, 3.63) is 46.0 Å². The van der Waals surface area contributed by atoms with E-state index in [1.165, 1.54) is 32.1 Å². The molecule has 1 N–H and O–H groups in total. The number of methoxy groups -OCH3 is 1. The van der Waals surface area contributed by atoms with Gasteiger partial charge in [0.2, 0.25) is 0 Å². The Morgan fingerprint density at radius 3 is 2.68 bits per heavy atom. The maximum Gasteiger partial charge on any atom is 0.253 e. The number of hydrogen-bond donors (Lipinski definition) is 1. The third-order valence-electron chi connectivity index (χ3n) is 8.38. The largest absolute Gasteiger partial charge is 0.497 e. The van der Waals surface area contributed by atoms with Gasteiger partial charge in [-0.2, -0.15) is 0 Å². The van der Waals surface area contributed by atoms with Crippen molar-refractivity contribution in [1.29, 1.82) is 0 Å². The lowest BCUT2D eigenvalue weighted by molar-refractivity contribution is 0.0593. The number of hydrogen-bond acceptors (Lipinski definition) is 8. The second-order valence-corrected chi connectivity index (χ2v) is 10.6. The Kier molecular flexibility index (Phi) is 7.21. The minimum absolute atomic E-state index is 0.102. The summed E-state index contributed by atoms with van der Waals surface area (Å²) in [4.78, 5) is 21.6. The lowest BCUT2D eigenvalue weighted by Gasteiger charge is -2.43. The van der Waals surface area contributed by atoms with Crippen LogP contribution in [0.1, 0.15) is 62.4 Å². The van der Waals surface area contributed by atoms with Crippen LogP contribution in [-0.2, 0) is 11.3 Å². The second-order valence-electron chi connectivity index (χ2n) is 10.6. The maximum atomic E-state index is 13.5. The standard InChI is InChI=1S/C27H37N7O3/c1-36-21-9-10-24-19(16-21)17-23(27(35)28-24)25(26-29-30-31-34(26)18-22-8-5-15-37-22)33-13-11-32(12-14-33)20-6-3-2-4-7-20/h9-10,16-17,20,22,25H,2-8,11-15,18H2,1H3,(H,28,35)/t22-,25+/m1/s1. The van der Waals surface area contributed by atoms with E-state index in [0.717, 1.165) is 62.3 Å². The average Bonchev–Trinajstić information content (AvgIpc) is 3.63. The second kappa shape index (κ2) is 10.9. The predicted molar refractivity (Wildman–Crippen MR) is 140 cm³/mol. The fourth-order valence-electron chi connectivity index (χ4n) is 6.36. The molecule has 3 fully saturated rings. The van der Waals surface area contributed by atoms with E-state index < -0.39 is 0 Å². The Morgan fingerprint density at radius 1 is 1.08 bits per heavy atom. The number of fused-ring (bicyclic) bond motifs is 1.